The van der Waals surface area contributed by atoms with Gasteiger partial charge in [0.05, 0.1) is 5.69 Å². The Morgan fingerprint density at radius 1 is 1.11 bits per heavy atom. The number of halogens is 1. The minimum Gasteiger partial charge on any atom is -0.378 e. The van der Waals surface area contributed by atoms with E-state index in [1.165, 1.54) is 16.7 Å². The van der Waals surface area contributed by atoms with Crippen LogP contribution in [0.1, 0.15) is 22.3 Å². The first-order valence-electron chi connectivity index (χ1n) is 5.98. The minimum absolute atomic E-state index is 0.518. The third-order valence-corrected chi connectivity index (χ3v) is 3.33. The number of hydrogen-bond acceptors (Lipinski definition) is 2. The van der Waals surface area contributed by atoms with Crippen LogP contribution in [0, 0.1) is 20.8 Å². The van der Waals surface area contributed by atoms with Gasteiger partial charge in [0.2, 0.25) is 0 Å². The molecule has 2 nitrogen and oxygen atoms in total. The monoisotopic (exact) mass is 260 g/mol. The minimum atomic E-state index is 0.518. The van der Waals surface area contributed by atoms with Gasteiger partial charge in [-0.1, -0.05) is 29.8 Å². The maximum Gasteiger partial charge on any atom is 0.152 e. The average molecular weight is 261 g/mol. The molecule has 0 bridgehead atoms. The molecule has 1 aromatic carbocycles. The van der Waals surface area contributed by atoms with Crippen LogP contribution in [0.4, 0.5) is 5.69 Å². The number of aromatic nitrogens is 1. The molecule has 0 saturated carbocycles. The molecule has 2 rings (SSSR count). The summed E-state index contributed by atoms with van der Waals surface area (Å²) >= 11 is 6.05. The third-order valence-electron chi connectivity index (χ3n) is 3.03. The smallest absolute Gasteiger partial charge is 0.152 e. The summed E-state index contributed by atoms with van der Waals surface area (Å²) in [4.78, 5) is 4.13. The topological polar surface area (TPSA) is 24.9 Å². The van der Waals surface area contributed by atoms with Crippen LogP contribution in [-0.4, -0.2) is 4.98 Å². The van der Waals surface area contributed by atoms with Crippen LogP contribution in [-0.2, 0) is 6.54 Å². The van der Waals surface area contributed by atoms with E-state index in [4.69, 9.17) is 11.6 Å². The number of anilines is 1. The van der Waals surface area contributed by atoms with Crippen molar-refractivity contribution >= 4 is 17.3 Å². The van der Waals surface area contributed by atoms with Crippen molar-refractivity contribution in [3.8, 4) is 0 Å². The summed E-state index contributed by atoms with van der Waals surface area (Å²) in [5.74, 6) is 0. The van der Waals surface area contributed by atoms with Crippen LogP contribution >= 0.6 is 11.6 Å². The zero-order chi connectivity index (χ0) is 13.1. The van der Waals surface area contributed by atoms with Gasteiger partial charge >= 0.3 is 0 Å². The van der Waals surface area contributed by atoms with Gasteiger partial charge < -0.3 is 5.32 Å². The molecule has 0 saturated heterocycles. The summed E-state index contributed by atoms with van der Waals surface area (Å²) in [5.41, 5.74) is 5.85. The second kappa shape index (κ2) is 5.40. The standard InChI is InChI=1S/C15H17ClN2/c1-10-6-14(15(16)18-8-10)17-9-13-5-4-11(2)12(3)7-13/h4-8,17H,9H2,1-3H3. The molecule has 18 heavy (non-hydrogen) atoms. The fourth-order valence-corrected chi connectivity index (χ4v) is 1.96. The first-order chi connectivity index (χ1) is 8.56. The van der Waals surface area contributed by atoms with E-state index in [0.29, 0.717) is 5.15 Å². The van der Waals surface area contributed by atoms with Gasteiger partial charge in [-0.25, -0.2) is 4.98 Å². The fourth-order valence-electron chi connectivity index (χ4n) is 1.79. The molecule has 0 unspecified atom stereocenters. The zero-order valence-corrected chi connectivity index (χ0v) is 11.7. The lowest BCUT2D eigenvalue weighted by atomic mass is 10.1. The lowest BCUT2D eigenvalue weighted by molar-refractivity contribution is 1.12. The maximum absolute atomic E-state index is 6.05. The van der Waals surface area contributed by atoms with Crippen molar-refractivity contribution in [1.29, 1.82) is 0 Å². The lowest BCUT2D eigenvalue weighted by Gasteiger charge is -2.10. The molecule has 0 spiro atoms. The van der Waals surface area contributed by atoms with Crippen LogP contribution in [0.25, 0.3) is 0 Å². The van der Waals surface area contributed by atoms with Gasteiger partial charge in [-0.05, 0) is 49.1 Å². The number of pyridine rings is 1. The molecular formula is C15H17ClN2. The molecule has 1 heterocycles. The van der Waals surface area contributed by atoms with E-state index in [-0.39, 0.29) is 0 Å². The summed E-state index contributed by atoms with van der Waals surface area (Å²) in [5, 5.41) is 3.84. The number of nitrogens with zero attached hydrogens (tertiary/aromatic N) is 1. The Morgan fingerprint density at radius 2 is 1.89 bits per heavy atom. The average Bonchev–Trinajstić information content (AvgIpc) is 2.34. The van der Waals surface area contributed by atoms with E-state index in [1.54, 1.807) is 6.20 Å². The predicted molar refractivity (Wildman–Crippen MR) is 77.2 cm³/mol. The summed E-state index contributed by atoms with van der Waals surface area (Å²) in [6.07, 6.45) is 1.77. The largest absolute Gasteiger partial charge is 0.378 e. The number of rotatable bonds is 3. The predicted octanol–water partition coefficient (Wildman–Crippen LogP) is 4.27. The molecule has 3 heteroatoms. The van der Waals surface area contributed by atoms with Gasteiger partial charge in [0.15, 0.2) is 5.15 Å². The summed E-state index contributed by atoms with van der Waals surface area (Å²) in [6.45, 7) is 7.00. The molecular weight excluding hydrogens is 244 g/mol. The van der Waals surface area contributed by atoms with Crippen molar-refractivity contribution in [2.24, 2.45) is 0 Å². The molecule has 1 N–H and O–H groups in total. The van der Waals surface area contributed by atoms with Crippen molar-refractivity contribution < 1.29 is 0 Å². The summed E-state index contributed by atoms with van der Waals surface area (Å²) in [7, 11) is 0. The molecule has 0 fully saturated rings. The van der Waals surface area contributed by atoms with Crippen LogP contribution in [0.5, 0.6) is 0 Å². The second-order valence-electron chi connectivity index (χ2n) is 4.62. The Hall–Kier alpha value is -1.54. The molecule has 0 atom stereocenters. The van der Waals surface area contributed by atoms with Crippen molar-refractivity contribution in [2.75, 3.05) is 5.32 Å². The van der Waals surface area contributed by atoms with Crippen molar-refractivity contribution in [1.82, 2.24) is 4.98 Å². The van der Waals surface area contributed by atoms with Crippen LogP contribution < -0.4 is 5.32 Å². The molecule has 2 aromatic rings. The Morgan fingerprint density at radius 3 is 2.61 bits per heavy atom. The van der Waals surface area contributed by atoms with E-state index >= 15 is 0 Å². The quantitative estimate of drug-likeness (QED) is 0.834. The highest BCUT2D eigenvalue weighted by atomic mass is 35.5. The SMILES string of the molecule is Cc1cnc(Cl)c(NCc2ccc(C)c(C)c2)c1. The highest BCUT2D eigenvalue weighted by Gasteiger charge is 2.02. The van der Waals surface area contributed by atoms with E-state index < -0.39 is 0 Å². The van der Waals surface area contributed by atoms with Gasteiger partial charge in [-0.3, -0.25) is 0 Å². The molecule has 0 aliphatic rings. The first kappa shape index (κ1) is 12.9. The third kappa shape index (κ3) is 3.02. The van der Waals surface area contributed by atoms with Gasteiger partial charge in [0.25, 0.3) is 0 Å². The Bertz CT molecular complexity index is 564. The molecule has 0 aliphatic heterocycles. The highest BCUT2D eigenvalue weighted by molar-refractivity contribution is 6.31. The second-order valence-corrected chi connectivity index (χ2v) is 4.98. The zero-order valence-electron chi connectivity index (χ0n) is 10.9. The van der Waals surface area contributed by atoms with Gasteiger partial charge in [-0.15, -0.1) is 0 Å². The maximum atomic E-state index is 6.05. The fraction of sp³-hybridized carbons (Fsp3) is 0.267. The van der Waals surface area contributed by atoms with Crippen LogP contribution in [0.15, 0.2) is 30.5 Å². The van der Waals surface area contributed by atoms with E-state index in [9.17, 15) is 0 Å². The van der Waals surface area contributed by atoms with Gasteiger partial charge in [-0.2, -0.15) is 0 Å². The number of nitrogens with one attached hydrogen (secondary N) is 1. The summed E-state index contributed by atoms with van der Waals surface area (Å²) < 4.78 is 0. The Kier molecular flexibility index (Phi) is 3.87. The Labute approximate surface area is 113 Å². The van der Waals surface area contributed by atoms with Crippen LogP contribution in [0.2, 0.25) is 5.15 Å². The van der Waals surface area contributed by atoms with Crippen molar-refractivity contribution in [2.45, 2.75) is 27.3 Å². The normalized spacial score (nSPS) is 10.4. The molecule has 0 aliphatic carbocycles. The van der Waals surface area contributed by atoms with Crippen molar-refractivity contribution in [3.63, 3.8) is 0 Å². The van der Waals surface area contributed by atoms with E-state index in [0.717, 1.165) is 17.8 Å². The lowest BCUT2D eigenvalue weighted by Crippen LogP contribution is -2.01. The highest BCUT2D eigenvalue weighted by Crippen LogP contribution is 2.21. The molecule has 1 aromatic heterocycles. The number of hydrogen-bond donors (Lipinski definition) is 1. The van der Waals surface area contributed by atoms with E-state index in [2.05, 4.69) is 42.3 Å². The molecule has 94 valence electrons. The number of aryl methyl sites for hydroxylation is 3. The van der Waals surface area contributed by atoms with Crippen LogP contribution in [0.3, 0.4) is 0 Å². The molecule has 0 radical (unpaired) electrons. The van der Waals surface area contributed by atoms with Gasteiger partial charge in [0.1, 0.15) is 0 Å². The van der Waals surface area contributed by atoms with Crippen molar-refractivity contribution in [3.05, 3.63) is 57.9 Å². The number of benzene rings is 1. The summed E-state index contributed by atoms with van der Waals surface area (Å²) in [6, 6.07) is 8.48. The molecule has 0 amide bonds. The first-order valence-corrected chi connectivity index (χ1v) is 6.36. The Balaban J connectivity index is 2.11. The van der Waals surface area contributed by atoms with Gasteiger partial charge in [0, 0.05) is 12.7 Å². The van der Waals surface area contributed by atoms with E-state index in [1.807, 2.05) is 13.0 Å².